The number of aliphatic hydroxyl groups is 1. The summed E-state index contributed by atoms with van der Waals surface area (Å²) in [7, 11) is -3.91. The number of likely N-dealkylation sites (N-methyl/N-ethyl adjacent to an activating group) is 1. The van der Waals surface area contributed by atoms with Crippen LogP contribution in [0.15, 0.2) is 28.1 Å². The maximum Gasteiger partial charge on any atom is 0.501 e. The molecule has 0 radical (unpaired) electrons. The Hall–Kier alpha value is -2.52. The van der Waals surface area contributed by atoms with Gasteiger partial charge in [-0.2, -0.15) is 18.4 Å². The number of hydrogen-bond donors (Lipinski definition) is 1. The minimum atomic E-state index is -5.59. The first kappa shape index (κ1) is 21.2. The van der Waals surface area contributed by atoms with Crippen molar-refractivity contribution in [2.45, 2.75) is 42.0 Å². The quantitative estimate of drug-likeness (QED) is 0.708. The second-order valence-corrected chi connectivity index (χ2v) is 9.31. The van der Waals surface area contributed by atoms with Crippen molar-refractivity contribution < 1.29 is 31.4 Å². The number of hydrogen-bond acceptors (Lipinski definition) is 6. The van der Waals surface area contributed by atoms with Gasteiger partial charge in [0.25, 0.3) is 9.84 Å². The van der Waals surface area contributed by atoms with E-state index < -0.39 is 38.0 Å². The molecule has 0 unspecified atom stereocenters. The molecule has 1 aromatic rings. The lowest BCUT2D eigenvalue weighted by Crippen LogP contribution is -2.54. The van der Waals surface area contributed by atoms with Gasteiger partial charge in [0.15, 0.2) is 0 Å². The number of sulfone groups is 1. The summed E-state index contributed by atoms with van der Waals surface area (Å²) in [6.45, 7) is 4.00. The number of aliphatic hydroxyl groups excluding tert-OH is 1. The number of halogens is 3. The van der Waals surface area contributed by atoms with Crippen LogP contribution >= 0.6 is 0 Å². The second kappa shape index (κ2) is 6.77. The fraction of sp³-hybridized carbons (Fsp3) is 0.529. The number of ether oxygens (including phenoxy) is 1. The highest BCUT2D eigenvalue weighted by Crippen LogP contribution is 2.45. The number of guanidine groups is 1. The molecule has 0 spiro atoms. The lowest BCUT2D eigenvalue weighted by molar-refractivity contribution is -0.0803. The van der Waals surface area contributed by atoms with Crippen molar-refractivity contribution in [3.8, 4) is 11.9 Å². The predicted molar refractivity (Wildman–Crippen MR) is 95.5 cm³/mol. The average molecular weight is 432 g/mol. The highest BCUT2D eigenvalue weighted by atomic mass is 32.2. The Kier molecular flexibility index (Phi) is 4.95. The van der Waals surface area contributed by atoms with Crippen LogP contribution in [0.1, 0.15) is 25.5 Å². The fourth-order valence-electron chi connectivity index (χ4n) is 3.52. The Labute approximate surface area is 165 Å². The maximum absolute atomic E-state index is 13.0. The van der Waals surface area contributed by atoms with Crippen LogP contribution < -0.4 is 4.74 Å². The van der Waals surface area contributed by atoms with E-state index in [4.69, 9.17) is 10.00 Å². The lowest BCUT2D eigenvalue weighted by atomic mass is 9.85. The van der Waals surface area contributed by atoms with Crippen molar-refractivity contribution in [2.75, 3.05) is 20.1 Å². The van der Waals surface area contributed by atoms with E-state index in [0.29, 0.717) is 13.1 Å². The molecular weight excluding hydrogens is 413 g/mol. The zero-order valence-corrected chi connectivity index (χ0v) is 16.6. The van der Waals surface area contributed by atoms with E-state index in [0.717, 1.165) is 18.2 Å². The van der Waals surface area contributed by atoms with Gasteiger partial charge in [0.1, 0.15) is 17.5 Å². The molecule has 0 aromatic heterocycles. The molecule has 0 saturated carbocycles. The smallest absolute Gasteiger partial charge is 0.485 e. The van der Waals surface area contributed by atoms with Gasteiger partial charge in [-0.1, -0.05) is 0 Å². The number of rotatable bonds is 2. The Bertz CT molecular complexity index is 1000. The van der Waals surface area contributed by atoms with E-state index in [-0.39, 0.29) is 17.3 Å². The SMILES string of the molecule is CN1CCN([C@@H]2c3cc(S(=O)(=O)C(F)(F)F)ccc3OC(C)(C)[C@H]2O)C1=NC#N. The van der Waals surface area contributed by atoms with Gasteiger partial charge >= 0.3 is 5.51 Å². The van der Waals surface area contributed by atoms with Crippen LogP contribution in [0.5, 0.6) is 5.75 Å². The minimum Gasteiger partial charge on any atom is -0.485 e. The molecule has 2 aliphatic heterocycles. The average Bonchev–Trinajstić information content (AvgIpc) is 2.95. The molecule has 29 heavy (non-hydrogen) atoms. The van der Waals surface area contributed by atoms with Crippen molar-refractivity contribution in [3.63, 3.8) is 0 Å². The standard InChI is InChI=1S/C17H19F3N4O4S/c1-16(2)14(25)13(24-7-6-23(3)15(24)22-9-21)11-8-10(4-5-12(11)28-16)29(26,27)17(18,19)20/h4-5,8,13-14,25H,6-7H2,1-3H3/t13-,14+/m1/s1. The number of fused-ring (bicyclic) bond motifs is 1. The Morgan fingerprint density at radius 1 is 1.34 bits per heavy atom. The first-order valence-electron chi connectivity index (χ1n) is 8.58. The van der Waals surface area contributed by atoms with Crippen molar-refractivity contribution >= 4 is 15.8 Å². The fourth-order valence-corrected chi connectivity index (χ4v) is 4.32. The van der Waals surface area contributed by atoms with Crippen LogP contribution in [0.2, 0.25) is 0 Å². The molecule has 1 N–H and O–H groups in total. The number of aliphatic imine (C=N–C) groups is 1. The monoisotopic (exact) mass is 432 g/mol. The van der Waals surface area contributed by atoms with E-state index in [1.807, 2.05) is 0 Å². The van der Waals surface area contributed by atoms with Crippen molar-refractivity contribution in [3.05, 3.63) is 23.8 Å². The third-order valence-electron chi connectivity index (χ3n) is 5.06. The highest BCUT2D eigenvalue weighted by Gasteiger charge is 2.50. The normalized spacial score (nSPS) is 25.5. The van der Waals surface area contributed by atoms with Crippen LogP contribution in [0, 0.1) is 11.5 Å². The third-order valence-corrected chi connectivity index (χ3v) is 6.54. The topological polar surface area (TPSA) is 106 Å². The molecule has 0 bridgehead atoms. The second-order valence-electron chi connectivity index (χ2n) is 7.37. The molecule has 2 heterocycles. The van der Waals surface area contributed by atoms with Gasteiger partial charge < -0.3 is 19.6 Å². The van der Waals surface area contributed by atoms with Crippen molar-refractivity contribution in [2.24, 2.45) is 4.99 Å². The van der Waals surface area contributed by atoms with Crippen LogP contribution in [0.4, 0.5) is 13.2 Å². The highest BCUT2D eigenvalue weighted by molar-refractivity contribution is 7.92. The van der Waals surface area contributed by atoms with Gasteiger partial charge in [-0.25, -0.2) is 8.42 Å². The summed E-state index contributed by atoms with van der Waals surface area (Å²) in [5, 5.41) is 19.9. The van der Waals surface area contributed by atoms with Gasteiger partial charge in [-0.3, -0.25) is 0 Å². The Balaban J connectivity index is 2.20. The molecule has 158 valence electrons. The van der Waals surface area contributed by atoms with Crippen molar-refractivity contribution in [1.82, 2.24) is 9.80 Å². The Morgan fingerprint density at radius 3 is 2.59 bits per heavy atom. The van der Waals surface area contributed by atoms with Gasteiger partial charge in [-0.15, -0.1) is 4.99 Å². The summed E-state index contributed by atoms with van der Waals surface area (Å²) >= 11 is 0. The van der Waals surface area contributed by atoms with E-state index in [1.165, 1.54) is 0 Å². The molecule has 0 amide bonds. The van der Waals surface area contributed by atoms with Crippen LogP contribution in [0.3, 0.4) is 0 Å². The molecular formula is C17H19F3N4O4S. The van der Waals surface area contributed by atoms with Gasteiger partial charge in [0.05, 0.1) is 10.9 Å². The van der Waals surface area contributed by atoms with Gasteiger partial charge in [0.2, 0.25) is 12.2 Å². The summed E-state index contributed by atoms with van der Waals surface area (Å²) in [6, 6.07) is 1.88. The molecule has 2 atom stereocenters. The lowest BCUT2D eigenvalue weighted by Gasteiger charge is -2.45. The molecule has 1 fully saturated rings. The summed E-state index contributed by atoms with van der Waals surface area (Å²) in [5.74, 6) is 0.376. The first-order chi connectivity index (χ1) is 13.3. The van der Waals surface area contributed by atoms with Crippen LogP contribution in [0.25, 0.3) is 0 Å². The minimum absolute atomic E-state index is 0.0723. The molecule has 3 rings (SSSR count). The summed E-state index contributed by atoms with van der Waals surface area (Å²) < 4.78 is 68.5. The van der Waals surface area contributed by atoms with E-state index in [2.05, 4.69) is 4.99 Å². The maximum atomic E-state index is 13.0. The molecule has 12 heteroatoms. The van der Waals surface area contributed by atoms with Crippen molar-refractivity contribution in [1.29, 1.82) is 5.26 Å². The predicted octanol–water partition coefficient (Wildman–Crippen LogP) is 1.64. The number of nitriles is 1. The van der Waals surface area contributed by atoms with E-state index in [9.17, 15) is 26.7 Å². The summed E-state index contributed by atoms with van der Waals surface area (Å²) in [6.07, 6.45) is 0.430. The van der Waals surface area contributed by atoms with Gasteiger partial charge in [0, 0.05) is 25.7 Å². The third kappa shape index (κ3) is 3.38. The zero-order chi connectivity index (χ0) is 21.8. The molecule has 2 aliphatic rings. The van der Waals surface area contributed by atoms with E-state index in [1.54, 1.807) is 36.9 Å². The summed E-state index contributed by atoms with van der Waals surface area (Å²) in [5.41, 5.74) is -6.52. The van der Waals surface area contributed by atoms with Gasteiger partial charge in [-0.05, 0) is 32.0 Å². The molecule has 8 nitrogen and oxygen atoms in total. The zero-order valence-electron chi connectivity index (χ0n) is 15.8. The number of benzene rings is 1. The Morgan fingerprint density at radius 2 is 2.00 bits per heavy atom. The molecule has 0 aliphatic carbocycles. The molecule has 1 aromatic carbocycles. The van der Waals surface area contributed by atoms with Crippen LogP contribution in [-0.2, 0) is 9.84 Å². The number of alkyl halides is 3. The largest absolute Gasteiger partial charge is 0.501 e. The summed E-state index contributed by atoms with van der Waals surface area (Å²) in [4.78, 5) is 6.03. The molecule has 1 saturated heterocycles. The van der Waals surface area contributed by atoms with Crippen LogP contribution in [-0.4, -0.2) is 66.6 Å². The number of nitrogens with zero attached hydrogens (tertiary/aromatic N) is 4. The first-order valence-corrected chi connectivity index (χ1v) is 10.1. The van der Waals surface area contributed by atoms with E-state index >= 15 is 0 Å².